The topological polar surface area (TPSA) is 46.0 Å². The van der Waals surface area contributed by atoms with Gasteiger partial charge in [0.15, 0.2) is 5.82 Å². The summed E-state index contributed by atoms with van der Waals surface area (Å²) in [7, 11) is 0. The van der Waals surface area contributed by atoms with Gasteiger partial charge in [-0.25, -0.2) is 9.97 Å². The molecule has 0 spiro atoms. The van der Waals surface area contributed by atoms with E-state index in [0.29, 0.717) is 11.4 Å². The van der Waals surface area contributed by atoms with Crippen molar-refractivity contribution in [3.8, 4) is 17.1 Å². The average Bonchev–Trinajstić information content (AvgIpc) is 2.20. The van der Waals surface area contributed by atoms with E-state index in [1.165, 1.54) is 0 Å². The highest BCUT2D eigenvalue weighted by atomic mass is 16.3. The van der Waals surface area contributed by atoms with Gasteiger partial charge in [0, 0.05) is 12.4 Å². The molecule has 3 nitrogen and oxygen atoms in total. The van der Waals surface area contributed by atoms with Gasteiger partial charge in [0.2, 0.25) is 0 Å². The molecular formula is C10H8N2O. The van der Waals surface area contributed by atoms with Gasteiger partial charge in [-0.1, -0.05) is 12.1 Å². The Morgan fingerprint density at radius 1 is 0.923 bits per heavy atom. The van der Waals surface area contributed by atoms with E-state index in [1.54, 1.807) is 36.7 Å². The molecule has 0 saturated heterocycles. The third-order valence-electron chi connectivity index (χ3n) is 1.71. The highest BCUT2D eigenvalue weighted by Gasteiger charge is 2.03. The number of phenols is 1. The molecule has 2 rings (SSSR count). The van der Waals surface area contributed by atoms with Crippen molar-refractivity contribution in [2.75, 3.05) is 0 Å². The summed E-state index contributed by atoms with van der Waals surface area (Å²) in [6, 6.07) is 8.74. The second kappa shape index (κ2) is 3.23. The molecule has 64 valence electrons. The van der Waals surface area contributed by atoms with Crippen LogP contribution in [-0.4, -0.2) is 15.1 Å². The Bertz CT molecular complexity index is 401. The van der Waals surface area contributed by atoms with E-state index in [-0.39, 0.29) is 5.75 Å². The van der Waals surface area contributed by atoms with Crippen LogP contribution in [0.15, 0.2) is 42.7 Å². The number of nitrogens with zero attached hydrogens (tertiary/aromatic N) is 2. The number of para-hydroxylation sites is 1. The first kappa shape index (κ1) is 7.73. The van der Waals surface area contributed by atoms with Crippen LogP contribution in [0.4, 0.5) is 0 Å². The largest absolute Gasteiger partial charge is 0.507 e. The van der Waals surface area contributed by atoms with Crippen molar-refractivity contribution in [2.24, 2.45) is 0 Å². The molecule has 1 N–H and O–H groups in total. The molecule has 13 heavy (non-hydrogen) atoms. The number of aromatic nitrogens is 2. The van der Waals surface area contributed by atoms with Crippen LogP contribution in [0.5, 0.6) is 5.75 Å². The lowest BCUT2D eigenvalue weighted by atomic mass is 10.2. The molecule has 1 aromatic heterocycles. The van der Waals surface area contributed by atoms with E-state index in [9.17, 15) is 5.11 Å². The molecule has 0 atom stereocenters. The van der Waals surface area contributed by atoms with Gasteiger partial charge < -0.3 is 5.11 Å². The summed E-state index contributed by atoms with van der Waals surface area (Å²) in [6.45, 7) is 0. The maximum absolute atomic E-state index is 9.48. The third-order valence-corrected chi connectivity index (χ3v) is 1.71. The summed E-state index contributed by atoms with van der Waals surface area (Å²) >= 11 is 0. The Balaban J connectivity index is 2.54. The normalized spacial score (nSPS) is 9.85. The Hall–Kier alpha value is -1.90. The molecule has 0 amide bonds. The molecule has 0 radical (unpaired) electrons. The van der Waals surface area contributed by atoms with Gasteiger partial charge in [0.25, 0.3) is 0 Å². The SMILES string of the molecule is Oc1ccccc1-c1ncccn1. The van der Waals surface area contributed by atoms with Gasteiger partial charge in [-0.15, -0.1) is 0 Å². The molecule has 2 aromatic rings. The fourth-order valence-electron chi connectivity index (χ4n) is 1.10. The van der Waals surface area contributed by atoms with Gasteiger partial charge >= 0.3 is 0 Å². The molecule has 0 saturated carbocycles. The van der Waals surface area contributed by atoms with Crippen molar-refractivity contribution in [3.05, 3.63) is 42.7 Å². The maximum Gasteiger partial charge on any atom is 0.162 e. The van der Waals surface area contributed by atoms with Gasteiger partial charge in [-0.05, 0) is 18.2 Å². The predicted molar refractivity (Wildman–Crippen MR) is 49.1 cm³/mol. The smallest absolute Gasteiger partial charge is 0.162 e. The van der Waals surface area contributed by atoms with Crippen LogP contribution in [0.2, 0.25) is 0 Å². The second-order valence-corrected chi connectivity index (χ2v) is 2.59. The highest BCUT2D eigenvalue weighted by molar-refractivity contribution is 5.62. The van der Waals surface area contributed by atoms with E-state index < -0.39 is 0 Å². The first-order valence-electron chi connectivity index (χ1n) is 3.93. The van der Waals surface area contributed by atoms with Crippen molar-refractivity contribution in [1.82, 2.24) is 9.97 Å². The highest BCUT2D eigenvalue weighted by Crippen LogP contribution is 2.24. The molecule has 0 unspecified atom stereocenters. The van der Waals surface area contributed by atoms with Crippen molar-refractivity contribution >= 4 is 0 Å². The zero-order valence-electron chi connectivity index (χ0n) is 6.88. The first-order valence-corrected chi connectivity index (χ1v) is 3.93. The lowest BCUT2D eigenvalue weighted by molar-refractivity contribution is 0.477. The minimum Gasteiger partial charge on any atom is -0.507 e. The fourth-order valence-corrected chi connectivity index (χ4v) is 1.10. The number of benzene rings is 1. The van der Waals surface area contributed by atoms with Crippen molar-refractivity contribution < 1.29 is 5.11 Å². The summed E-state index contributed by atoms with van der Waals surface area (Å²) in [5.41, 5.74) is 0.656. The van der Waals surface area contributed by atoms with Gasteiger partial charge in [-0.3, -0.25) is 0 Å². The van der Waals surface area contributed by atoms with E-state index in [0.717, 1.165) is 0 Å². The Morgan fingerprint density at radius 3 is 2.31 bits per heavy atom. The van der Waals surface area contributed by atoms with Crippen molar-refractivity contribution in [1.29, 1.82) is 0 Å². The standard InChI is InChI=1S/C10H8N2O/c13-9-5-2-1-4-8(9)10-11-6-3-7-12-10/h1-7,13H. The molecule has 0 aliphatic rings. The molecular weight excluding hydrogens is 164 g/mol. The average molecular weight is 172 g/mol. The molecule has 3 heteroatoms. The fraction of sp³-hybridized carbons (Fsp3) is 0. The van der Waals surface area contributed by atoms with Crippen LogP contribution < -0.4 is 0 Å². The number of rotatable bonds is 1. The quantitative estimate of drug-likeness (QED) is 0.714. The van der Waals surface area contributed by atoms with Crippen LogP contribution >= 0.6 is 0 Å². The van der Waals surface area contributed by atoms with Crippen LogP contribution in [-0.2, 0) is 0 Å². The Morgan fingerprint density at radius 2 is 1.62 bits per heavy atom. The number of phenolic OH excluding ortho intramolecular Hbond substituents is 1. The second-order valence-electron chi connectivity index (χ2n) is 2.59. The van der Waals surface area contributed by atoms with E-state index in [1.807, 2.05) is 6.07 Å². The summed E-state index contributed by atoms with van der Waals surface area (Å²) in [5.74, 6) is 0.745. The van der Waals surface area contributed by atoms with E-state index in [4.69, 9.17) is 0 Å². The summed E-state index contributed by atoms with van der Waals surface area (Å²) in [5, 5.41) is 9.48. The molecule has 0 bridgehead atoms. The molecule has 1 heterocycles. The number of hydrogen-bond acceptors (Lipinski definition) is 3. The van der Waals surface area contributed by atoms with Crippen molar-refractivity contribution in [3.63, 3.8) is 0 Å². The van der Waals surface area contributed by atoms with Crippen LogP contribution in [0.25, 0.3) is 11.4 Å². The number of hydrogen-bond donors (Lipinski definition) is 1. The van der Waals surface area contributed by atoms with Crippen LogP contribution in [0.3, 0.4) is 0 Å². The lowest BCUT2D eigenvalue weighted by Gasteiger charge is -2.00. The zero-order valence-corrected chi connectivity index (χ0v) is 6.88. The zero-order chi connectivity index (χ0) is 9.10. The first-order chi connectivity index (χ1) is 6.38. The minimum absolute atomic E-state index is 0.203. The summed E-state index contributed by atoms with van der Waals surface area (Å²) < 4.78 is 0. The third kappa shape index (κ3) is 1.49. The molecule has 1 aromatic carbocycles. The minimum atomic E-state index is 0.203. The summed E-state index contributed by atoms with van der Waals surface area (Å²) in [6.07, 6.45) is 3.30. The van der Waals surface area contributed by atoms with Crippen LogP contribution in [0.1, 0.15) is 0 Å². The van der Waals surface area contributed by atoms with E-state index in [2.05, 4.69) is 9.97 Å². The number of aromatic hydroxyl groups is 1. The maximum atomic E-state index is 9.48. The molecule has 0 aliphatic carbocycles. The van der Waals surface area contributed by atoms with Crippen LogP contribution in [0, 0.1) is 0 Å². The van der Waals surface area contributed by atoms with Gasteiger partial charge in [0.05, 0.1) is 5.56 Å². The van der Waals surface area contributed by atoms with Gasteiger partial charge in [0.1, 0.15) is 5.75 Å². The Kier molecular flexibility index (Phi) is 1.92. The lowest BCUT2D eigenvalue weighted by Crippen LogP contribution is -1.86. The Labute approximate surface area is 75.7 Å². The summed E-state index contributed by atoms with van der Waals surface area (Å²) in [4.78, 5) is 8.08. The van der Waals surface area contributed by atoms with E-state index >= 15 is 0 Å². The monoisotopic (exact) mass is 172 g/mol. The van der Waals surface area contributed by atoms with Gasteiger partial charge in [-0.2, -0.15) is 0 Å². The van der Waals surface area contributed by atoms with Crippen molar-refractivity contribution in [2.45, 2.75) is 0 Å². The molecule has 0 fully saturated rings. The molecule has 0 aliphatic heterocycles. The predicted octanol–water partition coefficient (Wildman–Crippen LogP) is 1.85.